The minimum atomic E-state index is 0.654. The Morgan fingerprint density at radius 2 is 0.744 bits per heavy atom. The highest BCUT2D eigenvalue weighted by molar-refractivity contribution is 7.25. The lowest BCUT2D eigenvalue weighted by Gasteiger charge is -2.13. The van der Waals surface area contributed by atoms with Crippen LogP contribution < -0.4 is 0 Å². The van der Waals surface area contributed by atoms with Gasteiger partial charge in [-0.25, -0.2) is 15.0 Å². The van der Waals surface area contributed by atoms with Crippen molar-refractivity contribution in [1.29, 1.82) is 0 Å². The van der Waals surface area contributed by atoms with E-state index in [2.05, 4.69) is 91.0 Å². The van der Waals surface area contributed by atoms with Crippen LogP contribution in [0.1, 0.15) is 0 Å². The molecule has 0 atom stereocenters. The number of aromatic nitrogens is 3. The molecule has 202 valence electrons. The van der Waals surface area contributed by atoms with E-state index < -0.39 is 0 Å². The van der Waals surface area contributed by atoms with Crippen molar-refractivity contribution >= 4 is 31.5 Å². The molecule has 0 aliphatic heterocycles. The SMILES string of the molecule is c1ccc(-c2nc(-c3ccccc3)nc(-c3ccc(-c4cc5c(cc4-c4ccccc4)sc4ccccc45)cc3)n2)cc1. The van der Waals surface area contributed by atoms with Crippen LogP contribution in [0.5, 0.6) is 0 Å². The van der Waals surface area contributed by atoms with Crippen molar-refractivity contribution in [3.63, 3.8) is 0 Å². The first kappa shape index (κ1) is 25.3. The quantitative estimate of drug-likeness (QED) is 0.208. The summed E-state index contributed by atoms with van der Waals surface area (Å²) >= 11 is 1.85. The minimum Gasteiger partial charge on any atom is -0.208 e. The van der Waals surface area contributed by atoms with Crippen LogP contribution in [0.2, 0.25) is 0 Å². The molecule has 6 aromatic carbocycles. The van der Waals surface area contributed by atoms with Gasteiger partial charge >= 0.3 is 0 Å². The smallest absolute Gasteiger partial charge is 0.164 e. The van der Waals surface area contributed by atoms with Gasteiger partial charge < -0.3 is 0 Å². The van der Waals surface area contributed by atoms with Crippen molar-refractivity contribution in [1.82, 2.24) is 15.0 Å². The monoisotopic (exact) mass is 567 g/mol. The van der Waals surface area contributed by atoms with Gasteiger partial charge in [0.25, 0.3) is 0 Å². The summed E-state index contributed by atoms with van der Waals surface area (Å²) in [4.78, 5) is 14.7. The molecule has 0 aliphatic carbocycles. The third kappa shape index (κ3) is 4.78. The lowest BCUT2D eigenvalue weighted by molar-refractivity contribution is 1.07. The fourth-order valence-corrected chi connectivity index (χ4v) is 6.73. The molecular formula is C39H25N3S. The summed E-state index contributed by atoms with van der Waals surface area (Å²) in [6.45, 7) is 0. The Hall–Kier alpha value is -5.45. The number of thiophene rings is 1. The topological polar surface area (TPSA) is 38.7 Å². The molecule has 0 aliphatic rings. The Labute approximate surface area is 253 Å². The van der Waals surface area contributed by atoms with Crippen LogP contribution in [-0.4, -0.2) is 15.0 Å². The fourth-order valence-electron chi connectivity index (χ4n) is 5.60. The van der Waals surface area contributed by atoms with Crippen LogP contribution in [-0.2, 0) is 0 Å². The number of hydrogen-bond donors (Lipinski definition) is 0. The van der Waals surface area contributed by atoms with Gasteiger partial charge in [0.2, 0.25) is 0 Å². The van der Waals surface area contributed by atoms with Crippen LogP contribution in [0.15, 0.2) is 152 Å². The molecule has 43 heavy (non-hydrogen) atoms. The van der Waals surface area contributed by atoms with E-state index in [0.717, 1.165) is 22.3 Å². The van der Waals surface area contributed by atoms with Crippen molar-refractivity contribution in [2.24, 2.45) is 0 Å². The summed E-state index contributed by atoms with van der Waals surface area (Å²) in [7, 11) is 0. The van der Waals surface area contributed by atoms with Gasteiger partial charge in [-0.2, -0.15) is 0 Å². The highest BCUT2D eigenvalue weighted by Gasteiger charge is 2.15. The molecule has 0 unspecified atom stereocenters. The van der Waals surface area contributed by atoms with Crippen LogP contribution in [0.3, 0.4) is 0 Å². The summed E-state index contributed by atoms with van der Waals surface area (Å²) in [6, 6.07) is 52.8. The van der Waals surface area contributed by atoms with E-state index in [1.165, 1.54) is 36.9 Å². The van der Waals surface area contributed by atoms with Crippen molar-refractivity contribution < 1.29 is 0 Å². The normalized spacial score (nSPS) is 11.3. The predicted octanol–water partition coefficient (Wildman–Crippen LogP) is 10.6. The molecule has 0 fully saturated rings. The molecule has 0 spiro atoms. The van der Waals surface area contributed by atoms with E-state index in [1.807, 2.05) is 72.0 Å². The highest BCUT2D eigenvalue weighted by Crippen LogP contribution is 2.42. The molecule has 2 aromatic heterocycles. The second-order valence-electron chi connectivity index (χ2n) is 10.5. The highest BCUT2D eigenvalue weighted by atomic mass is 32.1. The van der Waals surface area contributed by atoms with Crippen LogP contribution in [0.25, 0.3) is 76.6 Å². The Balaban J connectivity index is 1.27. The predicted molar refractivity (Wildman–Crippen MR) is 180 cm³/mol. The van der Waals surface area contributed by atoms with Crippen molar-refractivity contribution in [3.8, 4) is 56.4 Å². The number of nitrogens with zero attached hydrogens (tertiary/aromatic N) is 3. The summed E-state index contributed by atoms with van der Waals surface area (Å²) in [5.74, 6) is 1.98. The van der Waals surface area contributed by atoms with E-state index in [0.29, 0.717) is 17.5 Å². The van der Waals surface area contributed by atoms with Gasteiger partial charge in [0.1, 0.15) is 0 Å². The summed E-state index contributed by atoms with van der Waals surface area (Å²) in [6.07, 6.45) is 0. The molecular weight excluding hydrogens is 543 g/mol. The standard InChI is InChI=1S/C39H25N3S/c1-4-12-26(13-5-1)33-25-36-34(31-18-10-11-19-35(31)43-36)24-32(33)27-20-22-30(23-21-27)39-41-37(28-14-6-2-7-15-28)40-38(42-39)29-16-8-3-9-17-29/h1-25H. The third-order valence-electron chi connectivity index (χ3n) is 7.76. The first-order chi connectivity index (χ1) is 21.3. The third-order valence-corrected chi connectivity index (χ3v) is 8.89. The van der Waals surface area contributed by atoms with Gasteiger partial charge in [-0.3, -0.25) is 0 Å². The lowest BCUT2D eigenvalue weighted by Crippen LogP contribution is -2.00. The maximum absolute atomic E-state index is 4.91. The van der Waals surface area contributed by atoms with Crippen LogP contribution >= 0.6 is 11.3 Å². The molecule has 0 radical (unpaired) electrons. The summed E-state index contributed by atoms with van der Waals surface area (Å²) in [5, 5.41) is 2.59. The maximum Gasteiger partial charge on any atom is 0.164 e. The van der Waals surface area contributed by atoms with E-state index in [4.69, 9.17) is 15.0 Å². The number of rotatable bonds is 5. The number of fused-ring (bicyclic) bond motifs is 3. The Morgan fingerprint density at radius 3 is 1.33 bits per heavy atom. The van der Waals surface area contributed by atoms with E-state index in [9.17, 15) is 0 Å². The minimum absolute atomic E-state index is 0.654. The van der Waals surface area contributed by atoms with Gasteiger partial charge in [-0.05, 0) is 40.5 Å². The number of hydrogen-bond acceptors (Lipinski definition) is 4. The van der Waals surface area contributed by atoms with E-state index >= 15 is 0 Å². The van der Waals surface area contributed by atoms with Crippen LogP contribution in [0, 0.1) is 0 Å². The molecule has 8 aromatic rings. The second-order valence-corrected chi connectivity index (χ2v) is 11.6. The summed E-state index contributed by atoms with van der Waals surface area (Å²) < 4.78 is 2.61. The van der Waals surface area contributed by atoms with Gasteiger partial charge in [0.15, 0.2) is 17.5 Å². The zero-order chi connectivity index (χ0) is 28.6. The lowest BCUT2D eigenvalue weighted by atomic mass is 9.92. The molecule has 3 nitrogen and oxygen atoms in total. The molecule has 8 rings (SSSR count). The molecule has 2 heterocycles. The van der Waals surface area contributed by atoms with Gasteiger partial charge in [0.05, 0.1) is 0 Å². The first-order valence-corrected chi connectivity index (χ1v) is 15.1. The molecule has 0 N–H and O–H groups in total. The molecule has 4 heteroatoms. The zero-order valence-corrected chi connectivity index (χ0v) is 24.0. The van der Waals surface area contributed by atoms with Crippen LogP contribution in [0.4, 0.5) is 0 Å². The van der Waals surface area contributed by atoms with Crippen molar-refractivity contribution in [3.05, 3.63) is 152 Å². The largest absolute Gasteiger partial charge is 0.208 e. The van der Waals surface area contributed by atoms with Gasteiger partial charge in [0, 0.05) is 36.9 Å². The van der Waals surface area contributed by atoms with Gasteiger partial charge in [-0.15, -0.1) is 11.3 Å². The number of benzene rings is 6. The Morgan fingerprint density at radius 1 is 0.326 bits per heavy atom. The summed E-state index contributed by atoms with van der Waals surface area (Å²) in [5.41, 5.74) is 7.67. The Kier molecular flexibility index (Phi) is 6.32. The molecule has 0 amide bonds. The molecule has 0 saturated carbocycles. The van der Waals surface area contributed by atoms with Crippen molar-refractivity contribution in [2.75, 3.05) is 0 Å². The van der Waals surface area contributed by atoms with E-state index in [-0.39, 0.29) is 0 Å². The zero-order valence-electron chi connectivity index (χ0n) is 23.2. The average Bonchev–Trinajstić information content (AvgIpc) is 3.46. The Bertz CT molecular complexity index is 2150. The average molecular weight is 568 g/mol. The van der Waals surface area contributed by atoms with E-state index in [1.54, 1.807) is 0 Å². The second kappa shape index (κ2) is 10.8. The van der Waals surface area contributed by atoms with Crippen molar-refractivity contribution in [2.45, 2.75) is 0 Å². The van der Waals surface area contributed by atoms with Gasteiger partial charge in [-0.1, -0.05) is 133 Å². The first-order valence-electron chi connectivity index (χ1n) is 14.3. The molecule has 0 bridgehead atoms. The maximum atomic E-state index is 4.91. The fraction of sp³-hybridized carbons (Fsp3) is 0. The molecule has 0 saturated heterocycles.